The number of likely N-dealkylation sites (tertiary alicyclic amines) is 1. The predicted octanol–water partition coefficient (Wildman–Crippen LogP) is 3.13. The molecular weight excluding hydrogens is 406 g/mol. The lowest BCUT2D eigenvalue weighted by molar-refractivity contribution is -0.130. The highest BCUT2D eigenvalue weighted by Gasteiger charge is 2.27. The highest BCUT2D eigenvalue weighted by atomic mass is 79.9. The molecule has 2 aromatic rings. The van der Waals surface area contributed by atoms with Gasteiger partial charge in [0, 0.05) is 36.8 Å². The van der Waals surface area contributed by atoms with Gasteiger partial charge in [0.05, 0.1) is 18.7 Å². The van der Waals surface area contributed by atoms with Crippen molar-refractivity contribution < 1.29 is 9.90 Å². The second-order valence-electron chi connectivity index (χ2n) is 7.00. The summed E-state index contributed by atoms with van der Waals surface area (Å²) in [5, 5.41) is 13.0. The number of anilines is 1. The number of aliphatic hydroxyl groups excluding tert-OH is 1. The number of β-amino-alcohol motifs (C(OH)–C–C–N with tert-alkyl or cyclic N) is 1. The lowest BCUT2D eigenvalue weighted by Crippen LogP contribution is -2.41. The Bertz CT molecular complexity index is 756. The number of halogens is 1. The summed E-state index contributed by atoms with van der Waals surface area (Å²) in [4.78, 5) is 16.9. The van der Waals surface area contributed by atoms with Crippen LogP contribution in [0.5, 0.6) is 0 Å². The van der Waals surface area contributed by atoms with Crippen LogP contribution in [0.15, 0.2) is 59.1 Å². The van der Waals surface area contributed by atoms with Crippen LogP contribution in [-0.2, 0) is 4.79 Å². The topological polar surface area (TPSA) is 55.8 Å². The van der Waals surface area contributed by atoms with Gasteiger partial charge in [0.15, 0.2) is 0 Å². The summed E-state index contributed by atoms with van der Waals surface area (Å²) in [5.41, 5.74) is 2.02. The van der Waals surface area contributed by atoms with Crippen LogP contribution in [0.4, 0.5) is 5.69 Å². The molecule has 0 aliphatic carbocycles. The molecule has 0 saturated carbocycles. The van der Waals surface area contributed by atoms with E-state index in [-0.39, 0.29) is 24.6 Å². The average molecular weight is 432 g/mol. The normalized spacial score (nSPS) is 18.3. The van der Waals surface area contributed by atoms with Crippen molar-refractivity contribution in [3.05, 3.63) is 64.6 Å². The van der Waals surface area contributed by atoms with Gasteiger partial charge in [0.1, 0.15) is 0 Å². The van der Waals surface area contributed by atoms with Gasteiger partial charge in [-0.05, 0) is 30.2 Å². The standard InChI is InChI=1S/C21H26BrN3O2/c1-24(21(27)13-23-18-9-5-8-17(22)12-18)20(16-6-3-2-4-7-16)15-25-11-10-19(26)14-25/h2-9,12,19-20,23,26H,10-11,13-15H2,1H3. The number of nitrogens with zero attached hydrogens (tertiary/aromatic N) is 2. The first kappa shape index (κ1) is 19.9. The predicted molar refractivity (Wildman–Crippen MR) is 112 cm³/mol. The van der Waals surface area contributed by atoms with Gasteiger partial charge >= 0.3 is 0 Å². The Balaban J connectivity index is 1.67. The van der Waals surface area contributed by atoms with Crippen LogP contribution in [0, 0.1) is 0 Å². The van der Waals surface area contributed by atoms with Crippen molar-refractivity contribution in [2.24, 2.45) is 0 Å². The fourth-order valence-corrected chi connectivity index (χ4v) is 3.82. The van der Waals surface area contributed by atoms with Gasteiger partial charge in [0.2, 0.25) is 5.91 Å². The van der Waals surface area contributed by atoms with E-state index in [0.29, 0.717) is 6.54 Å². The molecule has 2 aromatic carbocycles. The largest absolute Gasteiger partial charge is 0.392 e. The maximum absolute atomic E-state index is 12.8. The van der Waals surface area contributed by atoms with E-state index in [1.54, 1.807) is 0 Å². The molecule has 1 heterocycles. The van der Waals surface area contributed by atoms with Crippen LogP contribution in [0.3, 0.4) is 0 Å². The minimum absolute atomic E-state index is 0.0311. The van der Waals surface area contributed by atoms with Crippen molar-refractivity contribution in [3.8, 4) is 0 Å². The van der Waals surface area contributed by atoms with E-state index in [4.69, 9.17) is 0 Å². The summed E-state index contributed by atoms with van der Waals surface area (Å²) < 4.78 is 0.975. The van der Waals surface area contributed by atoms with Gasteiger partial charge in [0.25, 0.3) is 0 Å². The zero-order valence-corrected chi connectivity index (χ0v) is 17.1. The molecule has 1 amide bonds. The summed E-state index contributed by atoms with van der Waals surface area (Å²) in [5.74, 6) is 0.0311. The smallest absolute Gasteiger partial charge is 0.242 e. The third-order valence-electron chi connectivity index (χ3n) is 4.99. The van der Waals surface area contributed by atoms with Crippen molar-refractivity contribution in [3.63, 3.8) is 0 Å². The molecule has 0 spiro atoms. The van der Waals surface area contributed by atoms with E-state index in [1.165, 1.54) is 0 Å². The quantitative estimate of drug-likeness (QED) is 0.706. The molecule has 144 valence electrons. The number of aliphatic hydroxyl groups is 1. The molecule has 0 aromatic heterocycles. The number of hydrogen-bond donors (Lipinski definition) is 2. The Kier molecular flexibility index (Phi) is 6.88. The number of hydrogen-bond acceptors (Lipinski definition) is 4. The Hall–Kier alpha value is -1.89. The van der Waals surface area contributed by atoms with Gasteiger partial charge in [-0.25, -0.2) is 0 Å². The van der Waals surface area contributed by atoms with E-state index in [0.717, 1.165) is 35.2 Å². The number of likely N-dealkylation sites (N-methyl/N-ethyl adjacent to an activating group) is 1. The van der Waals surface area contributed by atoms with Crippen LogP contribution in [-0.4, -0.2) is 60.1 Å². The minimum atomic E-state index is -0.263. The van der Waals surface area contributed by atoms with Gasteiger partial charge < -0.3 is 15.3 Å². The van der Waals surface area contributed by atoms with E-state index in [9.17, 15) is 9.90 Å². The van der Waals surface area contributed by atoms with Gasteiger partial charge in [-0.15, -0.1) is 0 Å². The molecule has 0 radical (unpaired) electrons. The van der Waals surface area contributed by atoms with Crippen molar-refractivity contribution >= 4 is 27.5 Å². The Morgan fingerprint density at radius 3 is 2.74 bits per heavy atom. The van der Waals surface area contributed by atoms with Gasteiger partial charge in [-0.2, -0.15) is 0 Å². The maximum Gasteiger partial charge on any atom is 0.242 e. The number of carbonyl (C=O) groups excluding carboxylic acids is 1. The third-order valence-corrected chi connectivity index (χ3v) is 5.49. The molecule has 1 fully saturated rings. The summed E-state index contributed by atoms with van der Waals surface area (Å²) in [6.07, 6.45) is 0.532. The molecule has 6 heteroatoms. The summed E-state index contributed by atoms with van der Waals surface area (Å²) in [6, 6.07) is 17.8. The molecule has 0 bridgehead atoms. The van der Waals surface area contributed by atoms with Crippen molar-refractivity contribution in [1.29, 1.82) is 0 Å². The summed E-state index contributed by atoms with van der Waals surface area (Å²) in [7, 11) is 1.86. The number of rotatable bonds is 7. The van der Waals surface area contributed by atoms with Crippen LogP contribution >= 0.6 is 15.9 Å². The average Bonchev–Trinajstić information content (AvgIpc) is 3.09. The number of nitrogens with one attached hydrogen (secondary N) is 1. The Morgan fingerprint density at radius 2 is 2.07 bits per heavy atom. The second kappa shape index (κ2) is 9.35. The Morgan fingerprint density at radius 1 is 1.30 bits per heavy atom. The summed E-state index contributed by atoms with van der Waals surface area (Å²) >= 11 is 3.44. The minimum Gasteiger partial charge on any atom is -0.392 e. The molecule has 2 N–H and O–H groups in total. The first-order valence-electron chi connectivity index (χ1n) is 9.23. The van der Waals surface area contributed by atoms with Crippen LogP contribution in [0.25, 0.3) is 0 Å². The fourth-order valence-electron chi connectivity index (χ4n) is 3.42. The lowest BCUT2D eigenvalue weighted by atomic mass is 10.0. The fraction of sp³-hybridized carbons (Fsp3) is 0.381. The number of benzene rings is 2. The first-order chi connectivity index (χ1) is 13.0. The number of amides is 1. The molecule has 1 aliphatic heterocycles. The van der Waals surface area contributed by atoms with Crippen LogP contribution in [0.2, 0.25) is 0 Å². The molecule has 5 nitrogen and oxygen atoms in total. The zero-order valence-electron chi connectivity index (χ0n) is 15.5. The highest BCUT2D eigenvalue weighted by Crippen LogP contribution is 2.23. The molecular formula is C21H26BrN3O2. The summed E-state index contributed by atoms with van der Waals surface area (Å²) in [6.45, 7) is 2.49. The molecule has 1 saturated heterocycles. The van der Waals surface area contributed by atoms with Crippen molar-refractivity contribution in [2.45, 2.75) is 18.6 Å². The van der Waals surface area contributed by atoms with E-state index < -0.39 is 0 Å². The number of carbonyl (C=O) groups is 1. The van der Waals surface area contributed by atoms with Crippen LogP contribution in [0.1, 0.15) is 18.0 Å². The monoisotopic (exact) mass is 431 g/mol. The Labute approximate surface area is 169 Å². The van der Waals surface area contributed by atoms with Gasteiger partial charge in [-0.3, -0.25) is 9.69 Å². The zero-order chi connectivity index (χ0) is 19.2. The van der Waals surface area contributed by atoms with E-state index in [2.05, 4.69) is 38.3 Å². The van der Waals surface area contributed by atoms with Crippen molar-refractivity contribution in [1.82, 2.24) is 9.80 Å². The molecule has 27 heavy (non-hydrogen) atoms. The molecule has 1 aliphatic rings. The molecule has 2 unspecified atom stereocenters. The van der Waals surface area contributed by atoms with Gasteiger partial charge in [-0.1, -0.05) is 52.3 Å². The van der Waals surface area contributed by atoms with E-state index in [1.807, 2.05) is 54.4 Å². The SMILES string of the molecule is CN(C(=O)CNc1cccc(Br)c1)C(CN1CCC(O)C1)c1ccccc1. The van der Waals surface area contributed by atoms with Crippen LogP contribution < -0.4 is 5.32 Å². The highest BCUT2D eigenvalue weighted by molar-refractivity contribution is 9.10. The van der Waals surface area contributed by atoms with Crippen molar-refractivity contribution in [2.75, 3.05) is 38.5 Å². The lowest BCUT2D eigenvalue weighted by Gasteiger charge is -2.32. The molecule has 3 rings (SSSR count). The first-order valence-corrected chi connectivity index (χ1v) is 10.0. The maximum atomic E-state index is 12.8. The third kappa shape index (κ3) is 5.54. The molecule has 2 atom stereocenters. The second-order valence-corrected chi connectivity index (χ2v) is 7.91. The van der Waals surface area contributed by atoms with E-state index >= 15 is 0 Å².